The van der Waals surface area contributed by atoms with Crippen molar-refractivity contribution >= 4 is 11.7 Å². The van der Waals surface area contributed by atoms with Gasteiger partial charge in [-0.15, -0.1) is 0 Å². The number of nitrogens with one attached hydrogen (secondary N) is 1. The van der Waals surface area contributed by atoms with Gasteiger partial charge in [0, 0.05) is 5.56 Å². The Morgan fingerprint density at radius 1 is 1.00 bits per heavy atom. The van der Waals surface area contributed by atoms with E-state index in [2.05, 4.69) is 10.3 Å². The fourth-order valence-corrected chi connectivity index (χ4v) is 2.41. The van der Waals surface area contributed by atoms with E-state index in [9.17, 15) is 4.79 Å². The second-order valence-electron chi connectivity index (χ2n) is 4.72. The van der Waals surface area contributed by atoms with Crippen molar-refractivity contribution in [2.75, 3.05) is 0 Å². The van der Waals surface area contributed by atoms with Crippen molar-refractivity contribution in [2.45, 2.75) is 12.1 Å². The molecule has 0 unspecified atom stereocenters. The molecule has 4 heteroatoms. The van der Waals surface area contributed by atoms with Crippen LogP contribution in [-0.4, -0.2) is 17.8 Å². The lowest BCUT2D eigenvalue weighted by Crippen LogP contribution is -2.41. The fourth-order valence-electron chi connectivity index (χ4n) is 2.41. The Labute approximate surface area is 117 Å². The van der Waals surface area contributed by atoms with Crippen LogP contribution >= 0.6 is 0 Å². The number of carbonyl (C=O) groups excluding carboxylic acids is 1. The third-order valence-electron chi connectivity index (χ3n) is 3.38. The molecule has 0 saturated carbocycles. The predicted molar refractivity (Wildman–Crippen MR) is 78.5 cm³/mol. The third kappa shape index (κ3) is 2.28. The van der Waals surface area contributed by atoms with Crippen LogP contribution in [0.2, 0.25) is 0 Å². The largest absolute Gasteiger partial charge is 0.370 e. The van der Waals surface area contributed by atoms with Crippen LogP contribution in [0, 0.1) is 0 Å². The van der Waals surface area contributed by atoms with E-state index in [1.807, 2.05) is 48.5 Å². The molecule has 1 aliphatic heterocycles. The number of aliphatic imine (C=N–C) groups is 1. The molecule has 3 N–H and O–H groups in total. The maximum absolute atomic E-state index is 12.6. The van der Waals surface area contributed by atoms with Crippen LogP contribution in [0.15, 0.2) is 65.7 Å². The Morgan fingerprint density at radius 3 is 2.25 bits per heavy atom. The quantitative estimate of drug-likeness (QED) is 0.833. The molecule has 1 aliphatic rings. The number of hydrogen-bond donors (Lipinski definition) is 2. The number of carbonyl (C=O) groups is 1. The SMILES string of the molecule is NC1=N[C@H](c2ccccc2)[C@@H](C(=O)c2ccccc2)N1. The standard InChI is InChI=1S/C16H15N3O/c17-16-18-13(11-7-3-1-4-8-11)14(19-16)15(20)12-9-5-2-6-10-12/h1-10,13-14H,(H3,17,18,19)/t13-,14+/m1/s1. The Bertz CT molecular complexity index is 637. The van der Waals surface area contributed by atoms with Crippen molar-refractivity contribution in [3.8, 4) is 0 Å². The molecule has 2 atom stereocenters. The zero-order chi connectivity index (χ0) is 13.9. The summed E-state index contributed by atoms with van der Waals surface area (Å²) in [5, 5.41) is 2.98. The van der Waals surface area contributed by atoms with Gasteiger partial charge in [-0.25, -0.2) is 4.99 Å². The molecule has 20 heavy (non-hydrogen) atoms. The van der Waals surface area contributed by atoms with E-state index < -0.39 is 6.04 Å². The summed E-state index contributed by atoms with van der Waals surface area (Å²) in [5.74, 6) is 0.316. The number of ketones is 1. The Kier molecular flexibility index (Phi) is 3.21. The van der Waals surface area contributed by atoms with Gasteiger partial charge in [-0.05, 0) is 5.56 Å². The van der Waals surface area contributed by atoms with Gasteiger partial charge in [-0.1, -0.05) is 60.7 Å². The monoisotopic (exact) mass is 265 g/mol. The smallest absolute Gasteiger partial charge is 0.189 e. The Morgan fingerprint density at radius 2 is 1.60 bits per heavy atom. The molecule has 0 spiro atoms. The van der Waals surface area contributed by atoms with Crippen LogP contribution in [0.5, 0.6) is 0 Å². The van der Waals surface area contributed by atoms with Crippen LogP contribution < -0.4 is 11.1 Å². The number of nitrogens with zero attached hydrogens (tertiary/aromatic N) is 1. The van der Waals surface area contributed by atoms with Gasteiger partial charge in [0.2, 0.25) is 0 Å². The molecular formula is C16H15N3O. The molecular weight excluding hydrogens is 250 g/mol. The lowest BCUT2D eigenvalue weighted by atomic mass is 9.94. The molecule has 0 saturated heterocycles. The zero-order valence-electron chi connectivity index (χ0n) is 10.9. The number of guanidine groups is 1. The first-order valence-electron chi connectivity index (χ1n) is 6.50. The van der Waals surface area contributed by atoms with Gasteiger partial charge in [0.25, 0.3) is 0 Å². The molecule has 0 aliphatic carbocycles. The summed E-state index contributed by atoms with van der Waals surface area (Å²) in [6, 6.07) is 18.2. The van der Waals surface area contributed by atoms with E-state index >= 15 is 0 Å². The summed E-state index contributed by atoms with van der Waals surface area (Å²) >= 11 is 0. The lowest BCUT2D eigenvalue weighted by molar-refractivity contribution is 0.0945. The average Bonchev–Trinajstić information content (AvgIpc) is 2.90. The zero-order valence-corrected chi connectivity index (χ0v) is 10.9. The van der Waals surface area contributed by atoms with E-state index in [-0.39, 0.29) is 11.8 Å². The minimum absolute atomic E-state index is 0.00338. The average molecular weight is 265 g/mol. The summed E-state index contributed by atoms with van der Waals surface area (Å²) in [6.45, 7) is 0. The lowest BCUT2D eigenvalue weighted by Gasteiger charge is -2.17. The predicted octanol–water partition coefficient (Wildman–Crippen LogP) is 1.90. The van der Waals surface area contributed by atoms with Gasteiger partial charge >= 0.3 is 0 Å². The maximum atomic E-state index is 12.6. The van der Waals surface area contributed by atoms with E-state index in [0.29, 0.717) is 11.5 Å². The highest BCUT2D eigenvalue weighted by molar-refractivity contribution is 6.04. The Balaban J connectivity index is 1.92. The topological polar surface area (TPSA) is 67.5 Å². The highest BCUT2D eigenvalue weighted by Gasteiger charge is 2.34. The second-order valence-corrected chi connectivity index (χ2v) is 4.72. The van der Waals surface area contributed by atoms with Crippen molar-refractivity contribution in [2.24, 2.45) is 10.7 Å². The fraction of sp³-hybridized carbons (Fsp3) is 0.125. The van der Waals surface area contributed by atoms with Crippen molar-refractivity contribution < 1.29 is 4.79 Å². The summed E-state index contributed by atoms with van der Waals surface area (Å²) in [4.78, 5) is 16.9. The summed E-state index contributed by atoms with van der Waals surface area (Å²) in [7, 11) is 0. The first-order valence-corrected chi connectivity index (χ1v) is 6.50. The molecule has 0 amide bonds. The molecule has 100 valence electrons. The summed E-state index contributed by atoms with van der Waals surface area (Å²) < 4.78 is 0. The van der Waals surface area contributed by atoms with Gasteiger partial charge in [0.1, 0.15) is 12.1 Å². The first-order chi connectivity index (χ1) is 9.75. The van der Waals surface area contributed by atoms with Gasteiger partial charge < -0.3 is 11.1 Å². The van der Waals surface area contributed by atoms with Crippen LogP contribution in [0.3, 0.4) is 0 Å². The molecule has 1 heterocycles. The van der Waals surface area contributed by atoms with Gasteiger partial charge in [0.15, 0.2) is 11.7 Å². The molecule has 4 nitrogen and oxygen atoms in total. The first kappa shape index (κ1) is 12.4. The normalized spacial score (nSPS) is 21.1. The van der Waals surface area contributed by atoms with Gasteiger partial charge in [-0.2, -0.15) is 0 Å². The number of rotatable bonds is 3. The van der Waals surface area contributed by atoms with Crippen molar-refractivity contribution in [3.63, 3.8) is 0 Å². The molecule has 0 aromatic heterocycles. The van der Waals surface area contributed by atoms with Gasteiger partial charge in [0.05, 0.1) is 0 Å². The van der Waals surface area contributed by atoms with Crippen LogP contribution in [0.4, 0.5) is 0 Å². The number of hydrogen-bond acceptors (Lipinski definition) is 4. The maximum Gasteiger partial charge on any atom is 0.189 e. The van der Waals surface area contributed by atoms with Crippen LogP contribution in [-0.2, 0) is 0 Å². The number of benzene rings is 2. The Hall–Kier alpha value is -2.62. The third-order valence-corrected chi connectivity index (χ3v) is 3.38. The molecule has 2 aromatic rings. The van der Waals surface area contributed by atoms with Crippen LogP contribution in [0.25, 0.3) is 0 Å². The highest BCUT2D eigenvalue weighted by Crippen LogP contribution is 2.26. The number of Topliss-reactive ketones (excluding diaryl/α,β-unsaturated/α-hetero) is 1. The van der Waals surface area contributed by atoms with Crippen molar-refractivity contribution in [1.82, 2.24) is 5.32 Å². The van der Waals surface area contributed by atoms with E-state index in [1.54, 1.807) is 12.1 Å². The van der Waals surface area contributed by atoms with E-state index in [1.165, 1.54) is 0 Å². The van der Waals surface area contributed by atoms with E-state index in [4.69, 9.17) is 5.73 Å². The van der Waals surface area contributed by atoms with Crippen LogP contribution in [0.1, 0.15) is 22.0 Å². The molecule has 0 bridgehead atoms. The van der Waals surface area contributed by atoms with Gasteiger partial charge in [-0.3, -0.25) is 4.79 Å². The van der Waals surface area contributed by atoms with E-state index in [0.717, 1.165) is 5.56 Å². The summed E-state index contributed by atoms with van der Waals surface area (Å²) in [6.07, 6.45) is 0. The molecule has 0 radical (unpaired) electrons. The minimum atomic E-state index is -0.445. The summed E-state index contributed by atoms with van der Waals surface area (Å²) in [5.41, 5.74) is 7.40. The molecule has 0 fully saturated rings. The van der Waals surface area contributed by atoms with Crippen molar-refractivity contribution in [1.29, 1.82) is 0 Å². The second kappa shape index (κ2) is 5.17. The molecule has 2 aromatic carbocycles. The molecule has 3 rings (SSSR count). The number of nitrogens with two attached hydrogens (primary N) is 1. The minimum Gasteiger partial charge on any atom is -0.370 e. The highest BCUT2D eigenvalue weighted by atomic mass is 16.1. The van der Waals surface area contributed by atoms with Crippen molar-refractivity contribution in [3.05, 3.63) is 71.8 Å².